The van der Waals surface area contributed by atoms with E-state index in [0.29, 0.717) is 42.2 Å². The van der Waals surface area contributed by atoms with Gasteiger partial charge < -0.3 is 11.1 Å². The molecule has 0 atom stereocenters. The number of nitrogens with two attached hydrogens (primary N) is 1. The van der Waals surface area contributed by atoms with E-state index < -0.39 is 21.8 Å². The molecule has 1 aliphatic heterocycles. The highest BCUT2D eigenvalue weighted by atomic mass is 32.2. The molecule has 0 fully saturated rings. The summed E-state index contributed by atoms with van der Waals surface area (Å²) in [6.45, 7) is 7.28. The summed E-state index contributed by atoms with van der Waals surface area (Å²) in [5.74, 6) is -0.981. The summed E-state index contributed by atoms with van der Waals surface area (Å²) in [6.07, 6.45) is 4.07. The molecule has 8 nitrogen and oxygen atoms in total. The van der Waals surface area contributed by atoms with Crippen LogP contribution in [-0.2, 0) is 29.5 Å². The number of sulfonamides is 1. The van der Waals surface area contributed by atoms with Crippen molar-refractivity contribution in [3.8, 4) is 0 Å². The average molecular weight is 583 g/mol. The largest absolute Gasteiger partial charge is 0.365 e. The number of hydrogen-bond acceptors (Lipinski definition) is 6. The van der Waals surface area contributed by atoms with Crippen LogP contribution in [0.3, 0.4) is 0 Å². The van der Waals surface area contributed by atoms with Gasteiger partial charge in [0.2, 0.25) is 10.0 Å². The minimum Gasteiger partial charge on any atom is -0.365 e. The Bertz CT molecular complexity index is 1410. The molecular formula is C30H38N4O4S2. The van der Waals surface area contributed by atoms with E-state index in [1.165, 1.54) is 45.5 Å². The maximum atomic E-state index is 13.3. The number of fused-ring (bicyclic) bond motifs is 1. The number of carbonyl (C=O) groups is 2. The van der Waals surface area contributed by atoms with Gasteiger partial charge in [-0.1, -0.05) is 57.0 Å². The van der Waals surface area contributed by atoms with Crippen LogP contribution in [0.4, 0.5) is 5.00 Å². The molecule has 40 heavy (non-hydrogen) atoms. The summed E-state index contributed by atoms with van der Waals surface area (Å²) in [4.78, 5) is 29.1. The van der Waals surface area contributed by atoms with Crippen molar-refractivity contribution in [2.24, 2.45) is 5.73 Å². The monoisotopic (exact) mass is 582 g/mol. The number of rotatable bonds is 13. The number of benzene rings is 2. The molecule has 0 saturated heterocycles. The highest BCUT2D eigenvalue weighted by Gasteiger charge is 2.28. The van der Waals surface area contributed by atoms with Crippen LogP contribution in [0, 0.1) is 0 Å². The standard InChI is InChI=1S/C30H38N4O4S2/c1-3-5-17-34(18-6-4-2)40(37,38)24-14-12-23(13-15-24)29(36)32-30-27(28(31)35)25-16-19-33(21-26(25)39-30)20-22-10-8-7-9-11-22/h7-15H,3-6,16-21H2,1-2H3,(H2,31,35)(H,32,36). The third kappa shape index (κ3) is 6.98. The fourth-order valence-electron chi connectivity index (χ4n) is 4.91. The zero-order valence-corrected chi connectivity index (χ0v) is 24.8. The SMILES string of the molecule is CCCCN(CCCC)S(=O)(=O)c1ccc(C(=O)Nc2sc3c(c2C(N)=O)CCN(Cc2ccccc2)C3)cc1. The van der Waals surface area contributed by atoms with Gasteiger partial charge in [0.15, 0.2) is 0 Å². The Labute approximate surface area is 241 Å². The molecule has 1 aliphatic rings. The molecule has 10 heteroatoms. The lowest BCUT2D eigenvalue weighted by atomic mass is 10.0. The van der Waals surface area contributed by atoms with Crippen molar-refractivity contribution in [2.75, 3.05) is 25.0 Å². The highest BCUT2D eigenvalue weighted by Crippen LogP contribution is 2.37. The van der Waals surface area contributed by atoms with Gasteiger partial charge in [0.05, 0.1) is 10.5 Å². The third-order valence-electron chi connectivity index (χ3n) is 7.13. The summed E-state index contributed by atoms with van der Waals surface area (Å²) in [6, 6.07) is 16.2. The minimum absolute atomic E-state index is 0.166. The normalized spacial score (nSPS) is 13.8. The maximum absolute atomic E-state index is 13.3. The second-order valence-electron chi connectivity index (χ2n) is 10.1. The van der Waals surface area contributed by atoms with E-state index in [4.69, 9.17) is 5.73 Å². The summed E-state index contributed by atoms with van der Waals surface area (Å²) in [5.41, 5.74) is 8.55. The lowest BCUT2D eigenvalue weighted by Gasteiger charge is -2.27. The smallest absolute Gasteiger partial charge is 0.256 e. The Kier molecular flexibility index (Phi) is 10.1. The molecule has 0 saturated carbocycles. The average Bonchev–Trinajstić information content (AvgIpc) is 3.30. The Morgan fingerprint density at radius 3 is 2.25 bits per heavy atom. The highest BCUT2D eigenvalue weighted by molar-refractivity contribution is 7.89. The van der Waals surface area contributed by atoms with Crippen molar-refractivity contribution in [2.45, 2.75) is 63.9 Å². The van der Waals surface area contributed by atoms with Crippen molar-refractivity contribution < 1.29 is 18.0 Å². The number of hydrogen-bond donors (Lipinski definition) is 2. The molecule has 0 radical (unpaired) electrons. The number of nitrogens with one attached hydrogen (secondary N) is 1. The van der Waals surface area contributed by atoms with Gasteiger partial charge in [0, 0.05) is 43.2 Å². The van der Waals surface area contributed by atoms with E-state index in [0.717, 1.165) is 49.2 Å². The van der Waals surface area contributed by atoms with E-state index in [9.17, 15) is 18.0 Å². The third-order valence-corrected chi connectivity index (χ3v) is 10.2. The topological polar surface area (TPSA) is 113 Å². The fourth-order valence-corrected chi connectivity index (χ4v) is 7.71. The Hall–Kier alpha value is -3.05. The van der Waals surface area contributed by atoms with Gasteiger partial charge >= 0.3 is 0 Å². The summed E-state index contributed by atoms with van der Waals surface area (Å²) in [7, 11) is -3.66. The number of carbonyl (C=O) groups excluding carboxylic acids is 2. The van der Waals surface area contributed by atoms with Crippen molar-refractivity contribution in [1.29, 1.82) is 0 Å². The molecule has 2 heterocycles. The molecule has 1 aromatic heterocycles. The van der Waals surface area contributed by atoms with Crippen molar-refractivity contribution in [1.82, 2.24) is 9.21 Å². The van der Waals surface area contributed by atoms with Gasteiger partial charge in [-0.2, -0.15) is 4.31 Å². The van der Waals surface area contributed by atoms with Crippen LogP contribution in [-0.4, -0.2) is 49.1 Å². The van der Waals surface area contributed by atoms with E-state index >= 15 is 0 Å². The van der Waals surface area contributed by atoms with Gasteiger partial charge in [-0.05, 0) is 54.7 Å². The molecule has 4 rings (SSSR count). The molecule has 214 valence electrons. The van der Waals surface area contributed by atoms with Crippen LogP contribution >= 0.6 is 11.3 Å². The number of unbranched alkanes of at least 4 members (excludes halogenated alkanes) is 2. The molecule has 0 bridgehead atoms. The van der Waals surface area contributed by atoms with E-state index in [2.05, 4.69) is 22.3 Å². The van der Waals surface area contributed by atoms with E-state index in [-0.39, 0.29) is 4.90 Å². The van der Waals surface area contributed by atoms with Gasteiger partial charge in [-0.3, -0.25) is 14.5 Å². The van der Waals surface area contributed by atoms with Crippen LogP contribution in [0.1, 0.15) is 76.3 Å². The van der Waals surface area contributed by atoms with Gasteiger partial charge in [0.25, 0.3) is 11.8 Å². The lowest BCUT2D eigenvalue weighted by molar-refractivity contribution is 0.0999. The Balaban J connectivity index is 1.49. The second-order valence-corrected chi connectivity index (χ2v) is 13.2. The Morgan fingerprint density at radius 1 is 1.00 bits per heavy atom. The predicted octanol–water partition coefficient (Wildman–Crippen LogP) is 5.25. The number of nitrogens with zero attached hydrogens (tertiary/aromatic N) is 2. The molecule has 0 spiro atoms. The molecule has 2 aromatic carbocycles. The van der Waals surface area contributed by atoms with Crippen molar-refractivity contribution in [3.05, 3.63) is 81.7 Å². The number of amides is 2. The first-order chi connectivity index (χ1) is 19.2. The van der Waals surface area contributed by atoms with Crippen LogP contribution < -0.4 is 11.1 Å². The summed E-state index contributed by atoms with van der Waals surface area (Å²) >= 11 is 1.38. The van der Waals surface area contributed by atoms with E-state index in [1.54, 1.807) is 0 Å². The number of primary amides is 1. The van der Waals surface area contributed by atoms with Gasteiger partial charge in [-0.15, -0.1) is 11.3 Å². The molecule has 0 aliphatic carbocycles. The first-order valence-electron chi connectivity index (χ1n) is 13.9. The molecule has 2 amide bonds. The first-order valence-corrected chi connectivity index (χ1v) is 16.1. The molecular weight excluding hydrogens is 544 g/mol. The number of thiophene rings is 1. The van der Waals surface area contributed by atoms with E-state index in [1.807, 2.05) is 32.0 Å². The summed E-state index contributed by atoms with van der Waals surface area (Å²) < 4.78 is 28.1. The van der Waals surface area contributed by atoms with Crippen LogP contribution in [0.15, 0.2) is 59.5 Å². The molecule has 3 N–H and O–H groups in total. The number of anilines is 1. The zero-order valence-electron chi connectivity index (χ0n) is 23.2. The Morgan fingerprint density at radius 2 is 1.65 bits per heavy atom. The summed E-state index contributed by atoms with van der Waals surface area (Å²) in [5, 5.41) is 3.30. The fraction of sp³-hybridized carbons (Fsp3) is 0.400. The molecule has 3 aromatic rings. The first kappa shape index (κ1) is 29.9. The van der Waals surface area contributed by atoms with Crippen molar-refractivity contribution in [3.63, 3.8) is 0 Å². The van der Waals surface area contributed by atoms with Crippen LogP contribution in [0.25, 0.3) is 0 Å². The quantitative estimate of drug-likeness (QED) is 0.286. The predicted molar refractivity (Wildman–Crippen MR) is 160 cm³/mol. The second kappa shape index (κ2) is 13.5. The van der Waals surface area contributed by atoms with Gasteiger partial charge in [0.1, 0.15) is 5.00 Å². The lowest BCUT2D eigenvalue weighted by Crippen LogP contribution is -2.33. The minimum atomic E-state index is -3.66. The van der Waals surface area contributed by atoms with Gasteiger partial charge in [-0.25, -0.2) is 8.42 Å². The van der Waals surface area contributed by atoms with Crippen LogP contribution in [0.2, 0.25) is 0 Å². The molecule has 0 unspecified atom stereocenters. The maximum Gasteiger partial charge on any atom is 0.256 e. The van der Waals surface area contributed by atoms with Crippen LogP contribution in [0.5, 0.6) is 0 Å². The van der Waals surface area contributed by atoms with Crippen molar-refractivity contribution >= 4 is 38.2 Å². The zero-order chi connectivity index (χ0) is 28.7.